The van der Waals surface area contributed by atoms with Crippen LogP contribution in [0.1, 0.15) is 20.8 Å². The van der Waals surface area contributed by atoms with E-state index in [4.69, 9.17) is 4.74 Å². The van der Waals surface area contributed by atoms with E-state index >= 15 is 0 Å². The van der Waals surface area contributed by atoms with Gasteiger partial charge in [0.1, 0.15) is 11.6 Å². The third-order valence-corrected chi connectivity index (χ3v) is 4.08. The summed E-state index contributed by atoms with van der Waals surface area (Å²) in [6.45, 7) is 4.42. The molecule has 0 aliphatic heterocycles. The normalized spacial score (nSPS) is 14.2. The van der Waals surface area contributed by atoms with Gasteiger partial charge in [0.05, 0.1) is 5.75 Å². The molecular weight excluding hydrogens is 337 g/mol. The zero-order chi connectivity index (χ0) is 17.9. The molecule has 23 heavy (non-hydrogen) atoms. The number of hydrogen-bond acceptors (Lipinski definition) is 5. The molecule has 0 aliphatic carbocycles. The van der Waals surface area contributed by atoms with Crippen LogP contribution in [0.15, 0.2) is 29.4 Å². The monoisotopic (exact) mass is 354 g/mol. The zero-order valence-electron chi connectivity index (χ0n) is 12.7. The third-order valence-electron chi connectivity index (χ3n) is 2.43. The number of sulfone groups is 1. The highest BCUT2D eigenvalue weighted by Gasteiger charge is 2.44. The zero-order valence-corrected chi connectivity index (χ0v) is 13.5. The Morgan fingerprint density at radius 2 is 1.91 bits per heavy atom. The molecule has 1 heterocycles. The lowest BCUT2D eigenvalue weighted by Crippen LogP contribution is -2.50. The van der Waals surface area contributed by atoms with Crippen LogP contribution in [0, 0.1) is 0 Å². The standard InChI is InChI=1S/C13H17F3N2O4S/c1-12(2,3)22-11(19)18-9(13(14,15)16)8-23(20,21)10-6-4-5-7-17-10/h4-7,9H,8H2,1-3H3,(H,18,19). The Bertz CT molecular complexity index is 639. The minimum Gasteiger partial charge on any atom is -0.444 e. The summed E-state index contributed by atoms with van der Waals surface area (Å²) < 4.78 is 67.7. The number of alkyl halides is 3. The Morgan fingerprint density at radius 1 is 1.30 bits per heavy atom. The van der Waals surface area contributed by atoms with E-state index in [1.807, 2.05) is 0 Å². The van der Waals surface area contributed by atoms with Crippen LogP contribution < -0.4 is 5.32 Å². The van der Waals surface area contributed by atoms with Crippen LogP contribution >= 0.6 is 0 Å². The summed E-state index contributed by atoms with van der Waals surface area (Å²) in [5.74, 6) is -1.37. The highest BCUT2D eigenvalue weighted by Crippen LogP contribution is 2.23. The average Bonchev–Trinajstić information content (AvgIpc) is 2.35. The first-order valence-electron chi connectivity index (χ1n) is 6.51. The van der Waals surface area contributed by atoms with Gasteiger partial charge in [-0.15, -0.1) is 0 Å². The van der Waals surface area contributed by atoms with Gasteiger partial charge in [0.15, 0.2) is 14.9 Å². The van der Waals surface area contributed by atoms with Crippen LogP contribution in [-0.4, -0.2) is 43.1 Å². The Labute approximate surface area is 132 Å². The van der Waals surface area contributed by atoms with Crippen molar-refractivity contribution in [2.75, 3.05) is 5.75 Å². The predicted octanol–water partition coefficient (Wildman–Crippen LogP) is 2.31. The third kappa shape index (κ3) is 6.43. The van der Waals surface area contributed by atoms with Gasteiger partial charge in [-0.25, -0.2) is 18.2 Å². The van der Waals surface area contributed by atoms with Gasteiger partial charge in [-0.2, -0.15) is 13.2 Å². The maximum Gasteiger partial charge on any atom is 0.409 e. The average molecular weight is 354 g/mol. The summed E-state index contributed by atoms with van der Waals surface area (Å²) in [5, 5.41) is 1.05. The van der Waals surface area contributed by atoms with Gasteiger partial charge in [-0.1, -0.05) is 6.07 Å². The van der Waals surface area contributed by atoms with Crippen molar-refractivity contribution in [1.82, 2.24) is 10.3 Å². The Kier molecular flexibility index (Phi) is 5.62. The van der Waals surface area contributed by atoms with E-state index in [9.17, 15) is 26.4 Å². The first-order chi connectivity index (χ1) is 10.3. The molecule has 130 valence electrons. The van der Waals surface area contributed by atoms with Gasteiger partial charge in [0, 0.05) is 6.20 Å². The van der Waals surface area contributed by atoms with Crippen LogP contribution in [0.25, 0.3) is 0 Å². The van der Waals surface area contributed by atoms with Crippen LogP contribution in [-0.2, 0) is 14.6 Å². The molecule has 0 radical (unpaired) electrons. The van der Waals surface area contributed by atoms with Crippen LogP contribution in [0.2, 0.25) is 0 Å². The molecule has 0 aromatic carbocycles. The van der Waals surface area contributed by atoms with Gasteiger partial charge < -0.3 is 10.1 Å². The molecule has 10 heteroatoms. The van der Waals surface area contributed by atoms with Crippen molar-refractivity contribution < 1.29 is 31.1 Å². The molecule has 1 N–H and O–H groups in total. The SMILES string of the molecule is CC(C)(C)OC(=O)NC(CS(=O)(=O)c1ccccn1)C(F)(F)F. The summed E-state index contributed by atoms with van der Waals surface area (Å²) >= 11 is 0. The number of nitrogens with zero attached hydrogens (tertiary/aromatic N) is 1. The Morgan fingerprint density at radius 3 is 2.35 bits per heavy atom. The fraction of sp³-hybridized carbons (Fsp3) is 0.538. The number of aromatic nitrogens is 1. The van der Waals surface area contributed by atoms with E-state index in [0.717, 1.165) is 12.3 Å². The lowest BCUT2D eigenvalue weighted by atomic mass is 10.2. The fourth-order valence-corrected chi connectivity index (χ4v) is 2.89. The molecule has 1 unspecified atom stereocenters. The van der Waals surface area contributed by atoms with Gasteiger partial charge in [0.2, 0.25) is 0 Å². The maximum atomic E-state index is 13.0. The summed E-state index contributed by atoms with van der Waals surface area (Å²) in [5.41, 5.74) is -1.01. The summed E-state index contributed by atoms with van der Waals surface area (Å²) in [6.07, 6.45) is -5.16. The molecule has 1 atom stereocenters. The van der Waals surface area contributed by atoms with Crippen LogP contribution in [0.5, 0.6) is 0 Å². The Balaban J connectivity index is 2.95. The number of hydrogen-bond donors (Lipinski definition) is 1. The molecule has 1 amide bonds. The molecule has 0 fully saturated rings. The number of nitrogens with one attached hydrogen (secondary N) is 1. The number of carbonyl (C=O) groups is 1. The minimum absolute atomic E-state index is 0.500. The van der Waals surface area contributed by atoms with Crippen LogP contribution in [0.3, 0.4) is 0 Å². The largest absolute Gasteiger partial charge is 0.444 e. The van der Waals surface area contributed by atoms with E-state index < -0.39 is 44.5 Å². The molecule has 0 bridgehead atoms. The van der Waals surface area contributed by atoms with Gasteiger partial charge >= 0.3 is 12.3 Å². The summed E-state index contributed by atoms with van der Waals surface area (Å²) in [6, 6.07) is 1.24. The number of halogens is 3. The number of rotatable bonds is 4. The molecule has 0 saturated carbocycles. The van der Waals surface area contributed by atoms with Gasteiger partial charge in [-0.05, 0) is 32.9 Å². The van der Waals surface area contributed by atoms with E-state index in [1.54, 1.807) is 5.32 Å². The van der Waals surface area contributed by atoms with Gasteiger partial charge in [-0.3, -0.25) is 0 Å². The summed E-state index contributed by atoms with van der Waals surface area (Å²) in [7, 11) is -4.33. The molecule has 0 aliphatic rings. The van der Waals surface area contributed by atoms with Crippen LogP contribution in [0.4, 0.5) is 18.0 Å². The minimum atomic E-state index is -4.96. The second kappa shape index (κ2) is 6.73. The van der Waals surface area contributed by atoms with E-state index in [0.29, 0.717) is 0 Å². The molecule has 6 nitrogen and oxygen atoms in total. The van der Waals surface area contributed by atoms with Crippen molar-refractivity contribution in [3.8, 4) is 0 Å². The summed E-state index contributed by atoms with van der Waals surface area (Å²) in [4.78, 5) is 15.0. The topological polar surface area (TPSA) is 85.4 Å². The lowest BCUT2D eigenvalue weighted by molar-refractivity contribution is -0.149. The number of ether oxygens (including phenoxy) is 1. The van der Waals surface area contributed by atoms with E-state index in [2.05, 4.69) is 4.98 Å². The van der Waals surface area contributed by atoms with Crippen molar-refractivity contribution in [3.63, 3.8) is 0 Å². The number of pyridine rings is 1. The van der Waals surface area contributed by atoms with Crippen molar-refractivity contribution in [2.24, 2.45) is 0 Å². The molecule has 1 rings (SSSR count). The molecule has 1 aromatic rings. The highest BCUT2D eigenvalue weighted by atomic mass is 32.2. The molecule has 0 saturated heterocycles. The first kappa shape index (κ1) is 19.2. The molecule has 0 spiro atoms. The quantitative estimate of drug-likeness (QED) is 0.897. The van der Waals surface area contributed by atoms with E-state index in [-0.39, 0.29) is 0 Å². The first-order valence-corrected chi connectivity index (χ1v) is 8.16. The van der Waals surface area contributed by atoms with Crippen molar-refractivity contribution in [2.45, 2.75) is 43.6 Å². The molecular formula is C13H17F3N2O4S. The van der Waals surface area contributed by atoms with Crippen molar-refractivity contribution >= 4 is 15.9 Å². The smallest absolute Gasteiger partial charge is 0.409 e. The fourth-order valence-electron chi connectivity index (χ4n) is 1.50. The number of carbonyl (C=O) groups excluding carboxylic acids is 1. The second-order valence-electron chi connectivity index (χ2n) is 5.69. The number of amides is 1. The predicted molar refractivity (Wildman–Crippen MR) is 75.5 cm³/mol. The lowest BCUT2D eigenvalue weighted by Gasteiger charge is -2.24. The van der Waals surface area contributed by atoms with Crippen molar-refractivity contribution in [1.29, 1.82) is 0 Å². The second-order valence-corrected chi connectivity index (χ2v) is 7.67. The van der Waals surface area contributed by atoms with Gasteiger partial charge in [0.25, 0.3) is 0 Å². The number of alkyl carbamates (subject to hydrolysis) is 1. The van der Waals surface area contributed by atoms with Crippen molar-refractivity contribution in [3.05, 3.63) is 24.4 Å². The van der Waals surface area contributed by atoms with E-state index in [1.165, 1.54) is 32.9 Å². The maximum absolute atomic E-state index is 13.0. The Hall–Kier alpha value is -1.84. The molecule has 1 aromatic heterocycles. The highest BCUT2D eigenvalue weighted by molar-refractivity contribution is 7.91.